The lowest BCUT2D eigenvalue weighted by atomic mass is 9.47. The molecule has 0 N–H and O–H groups in total. The van der Waals surface area contributed by atoms with Crippen molar-refractivity contribution in [3.8, 4) is 0 Å². The standard InChI is InChI=1S/C26H36Cl2O3/c1-5-6-16(2)13-23(30)31-22-10-9-19-20-8-7-17-14-18(29)11-12-25(17,4)26(20,28)21(27)15-24(19,22)3/h11-12,14,16,19-22H,5-10,13,15H2,1-4H3/t16?,19-,20-,21-,22+,24-,25-,26-/m0/s1. The van der Waals surface area contributed by atoms with Gasteiger partial charge < -0.3 is 4.74 Å². The van der Waals surface area contributed by atoms with E-state index < -0.39 is 10.3 Å². The van der Waals surface area contributed by atoms with Gasteiger partial charge in [0, 0.05) is 17.3 Å². The summed E-state index contributed by atoms with van der Waals surface area (Å²) < 4.78 is 6.10. The number of ketones is 1. The first-order chi connectivity index (χ1) is 14.6. The Bertz CT molecular complexity index is 819. The van der Waals surface area contributed by atoms with Gasteiger partial charge in [0.25, 0.3) is 0 Å². The van der Waals surface area contributed by atoms with Crippen molar-refractivity contribution in [2.45, 2.75) is 95.4 Å². The highest BCUT2D eigenvalue weighted by atomic mass is 35.5. The molecule has 5 heteroatoms. The summed E-state index contributed by atoms with van der Waals surface area (Å²) in [4.78, 5) is 24.1. The quantitative estimate of drug-likeness (QED) is 0.338. The Labute approximate surface area is 197 Å². The highest BCUT2D eigenvalue weighted by molar-refractivity contribution is 6.34. The van der Waals surface area contributed by atoms with Crippen LogP contribution in [0.4, 0.5) is 0 Å². The van der Waals surface area contributed by atoms with Gasteiger partial charge in [0.2, 0.25) is 0 Å². The Hall–Kier alpha value is -0.800. The van der Waals surface area contributed by atoms with Crippen molar-refractivity contribution in [1.82, 2.24) is 0 Å². The van der Waals surface area contributed by atoms with Crippen LogP contribution in [0, 0.1) is 28.6 Å². The van der Waals surface area contributed by atoms with E-state index in [0.29, 0.717) is 18.3 Å². The number of fused-ring (bicyclic) bond motifs is 5. The number of carbonyl (C=O) groups excluding carboxylic acids is 2. The predicted molar refractivity (Wildman–Crippen MR) is 125 cm³/mol. The molecule has 0 aromatic rings. The third kappa shape index (κ3) is 3.53. The molecule has 31 heavy (non-hydrogen) atoms. The van der Waals surface area contributed by atoms with E-state index in [1.807, 2.05) is 6.08 Å². The molecule has 0 radical (unpaired) electrons. The molecule has 0 amide bonds. The predicted octanol–water partition coefficient (Wildman–Crippen LogP) is 6.61. The van der Waals surface area contributed by atoms with Gasteiger partial charge in [-0.15, -0.1) is 23.2 Å². The molecular formula is C26H36Cl2O3. The number of allylic oxidation sites excluding steroid dienone is 4. The van der Waals surface area contributed by atoms with Crippen LogP contribution in [0.25, 0.3) is 0 Å². The van der Waals surface area contributed by atoms with E-state index in [1.54, 1.807) is 12.2 Å². The van der Waals surface area contributed by atoms with Crippen molar-refractivity contribution < 1.29 is 14.3 Å². The molecule has 0 heterocycles. The molecular weight excluding hydrogens is 431 g/mol. The van der Waals surface area contributed by atoms with Gasteiger partial charge in [-0.1, -0.05) is 52.2 Å². The van der Waals surface area contributed by atoms with Gasteiger partial charge in [0.1, 0.15) is 6.10 Å². The second-order valence-electron chi connectivity index (χ2n) is 11.0. The van der Waals surface area contributed by atoms with Crippen molar-refractivity contribution >= 4 is 35.0 Å². The fourth-order valence-electron chi connectivity index (χ4n) is 7.38. The summed E-state index contributed by atoms with van der Waals surface area (Å²) in [6, 6.07) is 0. The van der Waals surface area contributed by atoms with Crippen LogP contribution < -0.4 is 0 Å². The number of hydrogen-bond donors (Lipinski definition) is 0. The second-order valence-corrected chi connectivity index (χ2v) is 12.1. The normalized spacial score (nSPS) is 44.7. The summed E-state index contributed by atoms with van der Waals surface area (Å²) in [6.45, 7) is 8.68. The molecule has 4 aliphatic rings. The summed E-state index contributed by atoms with van der Waals surface area (Å²) in [7, 11) is 0. The number of esters is 1. The van der Waals surface area contributed by atoms with Crippen molar-refractivity contribution in [1.29, 1.82) is 0 Å². The average Bonchev–Trinajstić information content (AvgIpc) is 2.99. The molecule has 0 aromatic heterocycles. The minimum atomic E-state index is -0.630. The fraction of sp³-hybridized carbons (Fsp3) is 0.769. The van der Waals surface area contributed by atoms with Crippen LogP contribution in [0.1, 0.15) is 79.1 Å². The van der Waals surface area contributed by atoms with E-state index in [4.69, 9.17) is 27.9 Å². The van der Waals surface area contributed by atoms with Crippen LogP contribution in [-0.4, -0.2) is 28.1 Å². The van der Waals surface area contributed by atoms with Crippen LogP contribution in [0.3, 0.4) is 0 Å². The molecule has 0 aliphatic heterocycles. The molecule has 0 aromatic carbocycles. The highest BCUT2D eigenvalue weighted by Gasteiger charge is 2.69. The van der Waals surface area contributed by atoms with E-state index in [1.165, 1.54) is 0 Å². The van der Waals surface area contributed by atoms with E-state index in [2.05, 4.69) is 27.7 Å². The summed E-state index contributed by atoms with van der Waals surface area (Å²) >= 11 is 14.7. The fourth-order valence-corrected chi connectivity index (χ4v) is 8.62. The van der Waals surface area contributed by atoms with Crippen molar-refractivity contribution in [3.63, 3.8) is 0 Å². The number of carbonyl (C=O) groups is 2. The zero-order chi connectivity index (χ0) is 22.6. The molecule has 172 valence electrons. The van der Waals surface area contributed by atoms with Crippen LogP contribution in [0.2, 0.25) is 0 Å². The van der Waals surface area contributed by atoms with Crippen LogP contribution in [0.5, 0.6) is 0 Å². The van der Waals surface area contributed by atoms with E-state index >= 15 is 0 Å². The molecule has 0 bridgehead atoms. The van der Waals surface area contributed by atoms with Gasteiger partial charge in [-0.2, -0.15) is 0 Å². The van der Waals surface area contributed by atoms with E-state index in [0.717, 1.165) is 50.5 Å². The molecule has 8 atom stereocenters. The average molecular weight is 467 g/mol. The Morgan fingerprint density at radius 3 is 2.71 bits per heavy atom. The van der Waals surface area contributed by atoms with Crippen LogP contribution in [0.15, 0.2) is 23.8 Å². The molecule has 3 fully saturated rings. The van der Waals surface area contributed by atoms with Gasteiger partial charge in [-0.3, -0.25) is 9.59 Å². The smallest absolute Gasteiger partial charge is 0.306 e. The Morgan fingerprint density at radius 2 is 2.00 bits per heavy atom. The van der Waals surface area contributed by atoms with Gasteiger partial charge in [0.15, 0.2) is 5.78 Å². The van der Waals surface area contributed by atoms with Crippen LogP contribution >= 0.6 is 23.2 Å². The molecule has 0 spiro atoms. The number of ether oxygens (including phenoxy) is 1. The maximum Gasteiger partial charge on any atom is 0.306 e. The Morgan fingerprint density at radius 1 is 1.26 bits per heavy atom. The first-order valence-corrected chi connectivity index (χ1v) is 12.8. The lowest BCUT2D eigenvalue weighted by Gasteiger charge is -2.63. The zero-order valence-corrected chi connectivity index (χ0v) is 20.8. The lowest BCUT2D eigenvalue weighted by Crippen LogP contribution is -2.65. The monoisotopic (exact) mass is 466 g/mol. The maximum atomic E-state index is 12.7. The molecule has 3 nitrogen and oxygen atoms in total. The number of halogens is 2. The minimum absolute atomic E-state index is 0.0445. The highest BCUT2D eigenvalue weighted by Crippen LogP contribution is 2.69. The molecule has 3 saturated carbocycles. The maximum absolute atomic E-state index is 12.7. The molecule has 1 unspecified atom stereocenters. The largest absolute Gasteiger partial charge is 0.462 e. The molecule has 4 rings (SSSR count). The number of rotatable bonds is 5. The Kier molecular flexibility index (Phi) is 6.18. The topological polar surface area (TPSA) is 43.4 Å². The molecule has 4 aliphatic carbocycles. The van der Waals surface area contributed by atoms with Crippen LogP contribution in [-0.2, 0) is 14.3 Å². The van der Waals surface area contributed by atoms with Gasteiger partial charge in [-0.05, 0) is 62.0 Å². The number of hydrogen-bond acceptors (Lipinski definition) is 3. The van der Waals surface area contributed by atoms with Gasteiger partial charge in [-0.25, -0.2) is 0 Å². The Balaban J connectivity index is 1.58. The van der Waals surface area contributed by atoms with Gasteiger partial charge in [0.05, 0.1) is 10.3 Å². The summed E-state index contributed by atoms with van der Waals surface area (Å²) in [5.74, 6) is 0.933. The van der Waals surface area contributed by atoms with E-state index in [9.17, 15) is 9.59 Å². The van der Waals surface area contributed by atoms with Crippen molar-refractivity contribution in [2.75, 3.05) is 0 Å². The SMILES string of the molecule is CCCC(C)CC(=O)O[C@@H]1CC[C@H]2[C@@H]3CCC4=CC(=O)C=C[C@]4(C)[C@@]3(Cl)[C@@H](Cl)C[C@]12C. The van der Waals surface area contributed by atoms with Crippen molar-refractivity contribution in [2.24, 2.45) is 28.6 Å². The molecule has 0 saturated heterocycles. The van der Waals surface area contributed by atoms with Gasteiger partial charge >= 0.3 is 5.97 Å². The van der Waals surface area contributed by atoms with E-state index in [-0.39, 0.29) is 34.6 Å². The third-order valence-electron chi connectivity index (χ3n) is 9.08. The zero-order valence-electron chi connectivity index (χ0n) is 19.3. The summed E-state index contributed by atoms with van der Waals surface area (Å²) in [5, 5.41) is -0.259. The minimum Gasteiger partial charge on any atom is -0.462 e. The lowest BCUT2D eigenvalue weighted by molar-refractivity contribution is -0.159. The third-order valence-corrected chi connectivity index (χ3v) is 10.6. The van der Waals surface area contributed by atoms with Crippen molar-refractivity contribution in [3.05, 3.63) is 23.8 Å². The summed E-state index contributed by atoms with van der Waals surface area (Å²) in [5.41, 5.74) is 0.556. The number of alkyl halides is 2. The summed E-state index contributed by atoms with van der Waals surface area (Å²) in [6.07, 6.45) is 12.4. The second kappa shape index (κ2) is 8.20. The first kappa shape index (κ1) is 23.4. The first-order valence-electron chi connectivity index (χ1n) is 12.0.